The number of hydrogen-bond donors (Lipinski definition) is 1. The summed E-state index contributed by atoms with van der Waals surface area (Å²) in [4.78, 5) is 12.8. The second kappa shape index (κ2) is 4.43. The topological polar surface area (TPSA) is 49.8 Å². The van der Waals surface area contributed by atoms with Crippen molar-refractivity contribution in [2.75, 3.05) is 12.0 Å². The first-order chi connectivity index (χ1) is 7.63. The highest BCUT2D eigenvalue weighted by Crippen LogP contribution is 2.30. The Morgan fingerprint density at radius 1 is 1.44 bits per heavy atom. The zero-order valence-electron chi connectivity index (χ0n) is 8.76. The Morgan fingerprint density at radius 2 is 2.06 bits per heavy atom. The molecule has 0 aromatic heterocycles. The van der Waals surface area contributed by atoms with E-state index in [1.54, 1.807) is 31.4 Å². The van der Waals surface area contributed by atoms with Crippen LogP contribution in [0.1, 0.15) is 6.42 Å². The number of benzene rings is 1. The van der Waals surface area contributed by atoms with Gasteiger partial charge in [0, 0.05) is 12.1 Å². The van der Waals surface area contributed by atoms with Gasteiger partial charge in [-0.2, -0.15) is 0 Å². The van der Waals surface area contributed by atoms with Gasteiger partial charge in [0.05, 0.1) is 11.9 Å². The van der Waals surface area contributed by atoms with Gasteiger partial charge >= 0.3 is 0 Å². The van der Waals surface area contributed by atoms with Crippen molar-refractivity contribution in [3.05, 3.63) is 24.3 Å². The van der Waals surface area contributed by atoms with Gasteiger partial charge in [0.25, 0.3) is 0 Å². The number of anilines is 1. The van der Waals surface area contributed by atoms with E-state index in [2.05, 4.69) is 15.9 Å². The number of amides is 1. The summed E-state index contributed by atoms with van der Waals surface area (Å²) < 4.78 is 5.03. The predicted molar refractivity (Wildman–Crippen MR) is 63.8 cm³/mol. The largest absolute Gasteiger partial charge is 0.497 e. The quantitative estimate of drug-likeness (QED) is 0.838. The summed E-state index contributed by atoms with van der Waals surface area (Å²) in [6.45, 7) is 0. The molecule has 5 heteroatoms. The molecule has 0 saturated carbocycles. The van der Waals surface area contributed by atoms with Crippen LogP contribution in [0.3, 0.4) is 0 Å². The van der Waals surface area contributed by atoms with Crippen molar-refractivity contribution in [1.29, 1.82) is 0 Å². The van der Waals surface area contributed by atoms with Crippen LogP contribution >= 0.6 is 15.9 Å². The Balaban J connectivity index is 2.26. The lowest BCUT2D eigenvalue weighted by molar-refractivity contribution is -0.117. The molecule has 1 aromatic carbocycles. The van der Waals surface area contributed by atoms with Gasteiger partial charge in [-0.3, -0.25) is 9.69 Å². The highest BCUT2D eigenvalue weighted by atomic mass is 79.9. The van der Waals surface area contributed by atoms with Gasteiger partial charge in [-0.25, -0.2) is 0 Å². The number of rotatable bonds is 2. The second-order valence-corrected chi connectivity index (χ2v) is 4.77. The summed E-state index contributed by atoms with van der Waals surface area (Å²) in [5, 5.41) is 9.83. The van der Waals surface area contributed by atoms with E-state index in [4.69, 9.17) is 4.74 Å². The van der Waals surface area contributed by atoms with Crippen LogP contribution in [0.25, 0.3) is 0 Å². The predicted octanol–water partition coefficient (Wildman–Crippen LogP) is 1.51. The Kier molecular flexibility index (Phi) is 3.16. The zero-order chi connectivity index (χ0) is 11.7. The summed E-state index contributed by atoms with van der Waals surface area (Å²) in [5.74, 6) is 0.639. The first-order valence-corrected chi connectivity index (χ1v) is 5.83. The summed E-state index contributed by atoms with van der Waals surface area (Å²) in [5.41, 5.74) is 0.681. The molecule has 4 nitrogen and oxygen atoms in total. The van der Waals surface area contributed by atoms with Crippen LogP contribution < -0.4 is 9.64 Å². The van der Waals surface area contributed by atoms with Gasteiger partial charge < -0.3 is 9.84 Å². The van der Waals surface area contributed by atoms with E-state index in [1.807, 2.05) is 0 Å². The number of halogens is 1. The van der Waals surface area contributed by atoms with Crippen LogP contribution in [0, 0.1) is 0 Å². The average molecular weight is 286 g/mol. The highest BCUT2D eigenvalue weighted by Gasteiger charge is 2.37. The number of aliphatic hydroxyl groups excluding tert-OH is 1. The van der Waals surface area contributed by atoms with Gasteiger partial charge in [-0.05, 0) is 24.3 Å². The summed E-state index contributed by atoms with van der Waals surface area (Å²) in [6.07, 6.45) is -0.492. The maximum atomic E-state index is 11.7. The second-order valence-electron chi connectivity index (χ2n) is 3.60. The molecule has 1 saturated heterocycles. The molecule has 1 N–H and O–H groups in total. The van der Waals surface area contributed by atoms with E-state index in [1.165, 1.54) is 4.90 Å². The maximum absolute atomic E-state index is 11.7. The lowest BCUT2D eigenvalue weighted by atomic mass is 10.3. The zero-order valence-corrected chi connectivity index (χ0v) is 10.3. The monoisotopic (exact) mass is 285 g/mol. The standard InChI is InChI=1S/C11H12BrNO3/c1-16-8-4-2-7(3-5-8)13-10(14)6-9(12)11(13)15/h2-5,9,11,15H,6H2,1H3/t9-,11+/m0/s1. The van der Waals surface area contributed by atoms with Crippen LogP contribution in [-0.2, 0) is 4.79 Å². The molecule has 86 valence electrons. The van der Waals surface area contributed by atoms with Crippen molar-refractivity contribution < 1.29 is 14.6 Å². The number of carbonyl (C=O) groups excluding carboxylic acids is 1. The molecular weight excluding hydrogens is 274 g/mol. The van der Waals surface area contributed by atoms with E-state index in [0.29, 0.717) is 12.1 Å². The van der Waals surface area contributed by atoms with E-state index in [-0.39, 0.29) is 10.7 Å². The molecule has 1 fully saturated rings. The molecule has 2 atom stereocenters. The highest BCUT2D eigenvalue weighted by molar-refractivity contribution is 9.09. The van der Waals surface area contributed by atoms with Crippen LogP contribution in [0.2, 0.25) is 0 Å². The summed E-state index contributed by atoms with van der Waals surface area (Å²) >= 11 is 3.27. The smallest absolute Gasteiger partial charge is 0.230 e. The molecule has 0 aliphatic carbocycles. The number of methoxy groups -OCH3 is 1. The first kappa shape index (κ1) is 11.4. The molecule has 1 heterocycles. The van der Waals surface area contributed by atoms with Crippen molar-refractivity contribution in [2.24, 2.45) is 0 Å². The molecule has 0 radical (unpaired) electrons. The maximum Gasteiger partial charge on any atom is 0.230 e. The Hall–Kier alpha value is -1.07. The van der Waals surface area contributed by atoms with Crippen molar-refractivity contribution in [2.45, 2.75) is 17.5 Å². The first-order valence-electron chi connectivity index (χ1n) is 4.91. The molecular formula is C11H12BrNO3. The number of alkyl halides is 1. The SMILES string of the molecule is COc1ccc(N2C(=O)C[C@H](Br)[C@H]2O)cc1. The number of ether oxygens (including phenoxy) is 1. The van der Waals surface area contributed by atoms with Gasteiger partial charge in [0.1, 0.15) is 12.0 Å². The van der Waals surface area contributed by atoms with Crippen molar-refractivity contribution in [3.63, 3.8) is 0 Å². The number of aliphatic hydroxyl groups is 1. The minimum atomic E-state index is -0.805. The number of hydrogen-bond acceptors (Lipinski definition) is 3. The van der Waals surface area contributed by atoms with E-state index in [0.717, 1.165) is 5.75 Å². The third-order valence-electron chi connectivity index (χ3n) is 2.58. The Morgan fingerprint density at radius 3 is 2.50 bits per heavy atom. The van der Waals surface area contributed by atoms with Gasteiger partial charge in [0.2, 0.25) is 5.91 Å². The Bertz CT molecular complexity index is 393. The van der Waals surface area contributed by atoms with Gasteiger partial charge in [-0.1, -0.05) is 15.9 Å². The third-order valence-corrected chi connectivity index (χ3v) is 3.37. The van der Waals surface area contributed by atoms with E-state index in [9.17, 15) is 9.90 Å². The molecule has 1 aliphatic rings. The average Bonchev–Trinajstić information content (AvgIpc) is 2.54. The van der Waals surface area contributed by atoms with Crippen LogP contribution in [-0.4, -0.2) is 29.2 Å². The minimum absolute atomic E-state index is 0.0838. The van der Waals surface area contributed by atoms with Crippen LogP contribution in [0.15, 0.2) is 24.3 Å². The van der Waals surface area contributed by atoms with Crippen LogP contribution in [0.5, 0.6) is 5.75 Å². The Labute approximate surface area is 102 Å². The van der Waals surface area contributed by atoms with E-state index >= 15 is 0 Å². The lowest BCUT2D eigenvalue weighted by Crippen LogP contribution is -2.35. The molecule has 0 bridgehead atoms. The molecule has 2 rings (SSSR count). The fraction of sp³-hybridized carbons (Fsp3) is 0.364. The van der Waals surface area contributed by atoms with Gasteiger partial charge in [0.15, 0.2) is 0 Å². The van der Waals surface area contributed by atoms with Gasteiger partial charge in [-0.15, -0.1) is 0 Å². The molecule has 1 aliphatic heterocycles. The molecule has 0 unspecified atom stereocenters. The van der Waals surface area contributed by atoms with Crippen molar-refractivity contribution in [1.82, 2.24) is 0 Å². The normalized spacial score (nSPS) is 24.9. The molecule has 1 amide bonds. The third kappa shape index (κ3) is 1.92. The molecule has 16 heavy (non-hydrogen) atoms. The van der Waals surface area contributed by atoms with Crippen molar-refractivity contribution >= 4 is 27.5 Å². The minimum Gasteiger partial charge on any atom is -0.497 e. The summed E-state index contributed by atoms with van der Waals surface area (Å²) in [6, 6.07) is 7.03. The number of carbonyl (C=O) groups is 1. The number of nitrogens with zero attached hydrogens (tertiary/aromatic N) is 1. The van der Waals surface area contributed by atoms with Crippen molar-refractivity contribution in [3.8, 4) is 5.75 Å². The fourth-order valence-electron chi connectivity index (χ4n) is 1.72. The fourth-order valence-corrected chi connectivity index (χ4v) is 2.23. The lowest BCUT2D eigenvalue weighted by Gasteiger charge is -2.21. The molecule has 1 aromatic rings. The van der Waals surface area contributed by atoms with Crippen LogP contribution in [0.4, 0.5) is 5.69 Å². The summed E-state index contributed by atoms with van der Waals surface area (Å²) in [7, 11) is 1.58. The van der Waals surface area contributed by atoms with E-state index < -0.39 is 6.23 Å². The molecule has 0 spiro atoms.